The third kappa shape index (κ3) is 4.99. The molecule has 0 aliphatic heterocycles. The minimum atomic E-state index is 0.608. The molecule has 1 aliphatic rings. The number of guanidine groups is 1. The SMILES string of the molecule is CCNC(=NCCc1nc(CC)c(C)s1)NC1CCCC1. The fourth-order valence-electron chi connectivity index (χ4n) is 2.77. The smallest absolute Gasteiger partial charge is 0.191 e. The number of aromatic nitrogens is 1. The Kier molecular flexibility index (Phi) is 6.49. The highest BCUT2D eigenvalue weighted by Gasteiger charge is 2.15. The molecular formula is C16H28N4S. The van der Waals surface area contributed by atoms with E-state index in [1.807, 2.05) is 11.3 Å². The summed E-state index contributed by atoms with van der Waals surface area (Å²) in [5, 5.41) is 8.11. The average Bonchev–Trinajstić information content (AvgIpc) is 3.08. The number of hydrogen-bond acceptors (Lipinski definition) is 3. The van der Waals surface area contributed by atoms with Crippen molar-refractivity contribution >= 4 is 17.3 Å². The molecule has 118 valence electrons. The lowest BCUT2D eigenvalue weighted by molar-refractivity contribution is 0.614. The van der Waals surface area contributed by atoms with E-state index in [0.29, 0.717) is 6.04 Å². The predicted octanol–water partition coefficient (Wildman–Crippen LogP) is 3.05. The highest BCUT2D eigenvalue weighted by molar-refractivity contribution is 7.11. The van der Waals surface area contributed by atoms with E-state index < -0.39 is 0 Å². The standard InChI is InChI=1S/C16H28N4S/c1-4-14-12(3)21-15(20-14)10-11-18-16(17-5-2)19-13-8-6-7-9-13/h13H,4-11H2,1-3H3,(H2,17,18,19). The van der Waals surface area contributed by atoms with Gasteiger partial charge in [-0.2, -0.15) is 0 Å². The Morgan fingerprint density at radius 2 is 2.10 bits per heavy atom. The van der Waals surface area contributed by atoms with Gasteiger partial charge < -0.3 is 10.6 Å². The van der Waals surface area contributed by atoms with Gasteiger partial charge >= 0.3 is 0 Å². The number of hydrogen-bond donors (Lipinski definition) is 2. The highest BCUT2D eigenvalue weighted by atomic mass is 32.1. The van der Waals surface area contributed by atoms with Crippen molar-refractivity contribution in [2.45, 2.75) is 65.3 Å². The van der Waals surface area contributed by atoms with Gasteiger partial charge in [-0.15, -0.1) is 11.3 Å². The van der Waals surface area contributed by atoms with Gasteiger partial charge in [-0.05, 0) is 33.1 Å². The molecule has 0 aromatic carbocycles. The van der Waals surface area contributed by atoms with Crippen molar-refractivity contribution in [3.8, 4) is 0 Å². The Bertz CT molecular complexity index is 461. The van der Waals surface area contributed by atoms with Gasteiger partial charge in [-0.25, -0.2) is 4.98 Å². The molecule has 1 fully saturated rings. The molecule has 1 saturated carbocycles. The zero-order chi connectivity index (χ0) is 15.1. The summed E-state index contributed by atoms with van der Waals surface area (Å²) in [6.45, 7) is 8.16. The monoisotopic (exact) mass is 308 g/mol. The Morgan fingerprint density at radius 3 is 2.71 bits per heavy atom. The topological polar surface area (TPSA) is 49.3 Å². The summed E-state index contributed by atoms with van der Waals surface area (Å²) in [5.74, 6) is 0.966. The van der Waals surface area contributed by atoms with Crippen molar-refractivity contribution in [2.24, 2.45) is 4.99 Å². The van der Waals surface area contributed by atoms with E-state index in [-0.39, 0.29) is 0 Å². The Balaban J connectivity index is 1.85. The van der Waals surface area contributed by atoms with Crippen LogP contribution in [0.3, 0.4) is 0 Å². The lowest BCUT2D eigenvalue weighted by Crippen LogP contribution is -2.42. The molecule has 1 heterocycles. The first-order chi connectivity index (χ1) is 10.2. The van der Waals surface area contributed by atoms with Crippen molar-refractivity contribution in [1.82, 2.24) is 15.6 Å². The molecule has 0 spiro atoms. The molecule has 4 nitrogen and oxygen atoms in total. The Labute approximate surface area is 132 Å². The second-order valence-electron chi connectivity index (χ2n) is 5.60. The van der Waals surface area contributed by atoms with Gasteiger partial charge in [0, 0.05) is 30.4 Å². The summed E-state index contributed by atoms with van der Waals surface area (Å²) in [7, 11) is 0. The van der Waals surface area contributed by atoms with Gasteiger partial charge in [0.05, 0.1) is 10.7 Å². The van der Waals surface area contributed by atoms with E-state index in [1.54, 1.807) is 0 Å². The first-order valence-electron chi connectivity index (χ1n) is 8.23. The second kappa shape index (κ2) is 8.37. The lowest BCUT2D eigenvalue weighted by atomic mass is 10.2. The lowest BCUT2D eigenvalue weighted by Gasteiger charge is -2.16. The van der Waals surface area contributed by atoms with E-state index in [1.165, 1.54) is 41.3 Å². The molecule has 0 radical (unpaired) electrons. The zero-order valence-corrected chi connectivity index (χ0v) is 14.4. The number of nitrogens with zero attached hydrogens (tertiary/aromatic N) is 2. The van der Waals surface area contributed by atoms with Crippen LogP contribution in [0.5, 0.6) is 0 Å². The van der Waals surface area contributed by atoms with Crippen LogP contribution in [-0.4, -0.2) is 30.1 Å². The molecule has 0 atom stereocenters. The molecule has 1 aromatic heterocycles. The summed E-state index contributed by atoms with van der Waals surface area (Å²) in [5.41, 5.74) is 1.25. The zero-order valence-electron chi connectivity index (χ0n) is 13.5. The normalized spacial score (nSPS) is 16.4. The van der Waals surface area contributed by atoms with Crippen LogP contribution in [-0.2, 0) is 12.8 Å². The molecule has 1 aromatic rings. The summed E-state index contributed by atoms with van der Waals surface area (Å²) in [4.78, 5) is 10.7. The van der Waals surface area contributed by atoms with E-state index in [9.17, 15) is 0 Å². The van der Waals surface area contributed by atoms with Crippen LogP contribution in [0.25, 0.3) is 0 Å². The van der Waals surface area contributed by atoms with Gasteiger partial charge in [0.25, 0.3) is 0 Å². The number of aryl methyl sites for hydroxylation is 2. The Morgan fingerprint density at radius 1 is 1.33 bits per heavy atom. The molecule has 0 amide bonds. The van der Waals surface area contributed by atoms with Gasteiger partial charge in [0.2, 0.25) is 0 Å². The van der Waals surface area contributed by atoms with Crippen molar-refractivity contribution < 1.29 is 0 Å². The molecule has 1 aliphatic carbocycles. The molecule has 2 rings (SSSR count). The van der Waals surface area contributed by atoms with Gasteiger partial charge in [-0.1, -0.05) is 19.8 Å². The van der Waals surface area contributed by atoms with Crippen molar-refractivity contribution in [3.05, 3.63) is 15.6 Å². The van der Waals surface area contributed by atoms with Crippen molar-refractivity contribution in [3.63, 3.8) is 0 Å². The summed E-state index contributed by atoms with van der Waals surface area (Å²) < 4.78 is 0. The molecule has 5 heteroatoms. The average molecular weight is 308 g/mol. The number of rotatable bonds is 6. The molecule has 0 saturated heterocycles. The predicted molar refractivity (Wildman–Crippen MR) is 91.3 cm³/mol. The van der Waals surface area contributed by atoms with Gasteiger partial charge in [0.15, 0.2) is 5.96 Å². The summed E-state index contributed by atoms with van der Waals surface area (Å²) in [6, 6.07) is 0.608. The van der Waals surface area contributed by atoms with Gasteiger partial charge in [0.1, 0.15) is 0 Å². The van der Waals surface area contributed by atoms with Crippen LogP contribution in [0.2, 0.25) is 0 Å². The maximum absolute atomic E-state index is 4.70. The summed E-state index contributed by atoms with van der Waals surface area (Å²) >= 11 is 1.82. The number of nitrogens with one attached hydrogen (secondary N) is 2. The number of aliphatic imine (C=N–C) groups is 1. The second-order valence-corrected chi connectivity index (χ2v) is 6.89. The van der Waals surface area contributed by atoms with E-state index in [4.69, 9.17) is 4.99 Å². The maximum Gasteiger partial charge on any atom is 0.191 e. The fraction of sp³-hybridized carbons (Fsp3) is 0.750. The van der Waals surface area contributed by atoms with Crippen LogP contribution in [0, 0.1) is 6.92 Å². The highest BCUT2D eigenvalue weighted by Crippen LogP contribution is 2.19. The van der Waals surface area contributed by atoms with Crippen LogP contribution in [0.15, 0.2) is 4.99 Å². The third-order valence-corrected chi connectivity index (χ3v) is 4.98. The number of thiazole rings is 1. The molecule has 0 unspecified atom stereocenters. The molecule has 2 N–H and O–H groups in total. The largest absolute Gasteiger partial charge is 0.357 e. The first kappa shape index (κ1) is 16.3. The Hall–Kier alpha value is -1.10. The first-order valence-corrected chi connectivity index (χ1v) is 9.04. The van der Waals surface area contributed by atoms with E-state index >= 15 is 0 Å². The van der Waals surface area contributed by atoms with Crippen molar-refractivity contribution in [1.29, 1.82) is 0 Å². The maximum atomic E-state index is 4.70. The molecule has 21 heavy (non-hydrogen) atoms. The van der Waals surface area contributed by atoms with Crippen LogP contribution >= 0.6 is 11.3 Å². The van der Waals surface area contributed by atoms with E-state index in [2.05, 4.69) is 36.4 Å². The summed E-state index contributed by atoms with van der Waals surface area (Å²) in [6.07, 6.45) is 7.20. The third-order valence-electron chi connectivity index (χ3n) is 3.91. The van der Waals surface area contributed by atoms with Crippen molar-refractivity contribution in [2.75, 3.05) is 13.1 Å². The van der Waals surface area contributed by atoms with Gasteiger partial charge in [-0.3, -0.25) is 4.99 Å². The van der Waals surface area contributed by atoms with Crippen LogP contribution in [0.1, 0.15) is 55.1 Å². The quantitative estimate of drug-likeness (QED) is 0.627. The fourth-order valence-corrected chi connectivity index (χ4v) is 3.78. The van der Waals surface area contributed by atoms with Crippen LogP contribution in [0.4, 0.5) is 0 Å². The minimum absolute atomic E-state index is 0.608. The molecular weight excluding hydrogens is 280 g/mol. The minimum Gasteiger partial charge on any atom is -0.357 e. The molecule has 0 bridgehead atoms. The van der Waals surface area contributed by atoms with E-state index in [0.717, 1.165) is 31.9 Å². The van der Waals surface area contributed by atoms with Crippen LogP contribution < -0.4 is 10.6 Å².